The summed E-state index contributed by atoms with van der Waals surface area (Å²) in [7, 11) is 2.47. The van der Waals surface area contributed by atoms with E-state index in [0.29, 0.717) is 16.6 Å². The summed E-state index contributed by atoms with van der Waals surface area (Å²) in [5.74, 6) is -1.91. The summed E-state index contributed by atoms with van der Waals surface area (Å²) in [6.45, 7) is 1.96. The molecule has 30 heavy (non-hydrogen) atoms. The van der Waals surface area contributed by atoms with Crippen LogP contribution in [0.2, 0.25) is 0 Å². The molecule has 3 rings (SSSR count). The highest BCUT2D eigenvalue weighted by atomic mass is 16.5. The van der Waals surface area contributed by atoms with Gasteiger partial charge in [0.25, 0.3) is 0 Å². The van der Waals surface area contributed by atoms with Crippen molar-refractivity contribution in [2.24, 2.45) is 0 Å². The van der Waals surface area contributed by atoms with Crippen molar-refractivity contribution in [2.75, 3.05) is 25.7 Å². The molecule has 8 nitrogen and oxygen atoms in total. The van der Waals surface area contributed by atoms with Crippen LogP contribution in [0.15, 0.2) is 66.0 Å². The normalized spacial score (nSPS) is 13.2. The first kappa shape index (κ1) is 20.8. The predicted molar refractivity (Wildman–Crippen MR) is 110 cm³/mol. The molecule has 1 aromatic carbocycles. The molecule has 8 heteroatoms. The van der Waals surface area contributed by atoms with E-state index >= 15 is 0 Å². The number of pyridine rings is 1. The first-order valence-electron chi connectivity index (χ1n) is 9.13. The summed E-state index contributed by atoms with van der Waals surface area (Å²) < 4.78 is 14.8. The Labute approximate surface area is 173 Å². The maximum absolute atomic E-state index is 12.6. The zero-order valence-electron chi connectivity index (χ0n) is 16.7. The van der Waals surface area contributed by atoms with Crippen LogP contribution in [0, 0.1) is 0 Å². The molecule has 0 fully saturated rings. The van der Waals surface area contributed by atoms with Gasteiger partial charge < -0.3 is 19.1 Å². The SMILES string of the molecule is CCOC(=O)c1ccc2c(N3C=CC=CC(C(=O)OC)=C3C(=O)OC)cccc2n1. The Balaban J connectivity index is 2.20. The van der Waals surface area contributed by atoms with E-state index in [2.05, 4.69) is 4.98 Å². The van der Waals surface area contributed by atoms with Crippen LogP contribution < -0.4 is 4.90 Å². The van der Waals surface area contributed by atoms with E-state index in [4.69, 9.17) is 14.2 Å². The fraction of sp³-hybridized carbons (Fsp3) is 0.182. The molecule has 0 radical (unpaired) electrons. The van der Waals surface area contributed by atoms with Crippen LogP contribution >= 0.6 is 0 Å². The Morgan fingerprint density at radius 3 is 2.43 bits per heavy atom. The lowest BCUT2D eigenvalue weighted by Gasteiger charge is -2.24. The Bertz CT molecular complexity index is 1100. The van der Waals surface area contributed by atoms with Crippen molar-refractivity contribution in [1.82, 2.24) is 4.98 Å². The lowest BCUT2D eigenvalue weighted by atomic mass is 10.1. The fourth-order valence-corrected chi connectivity index (χ4v) is 3.02. The summed E-state index contributed by atoms with van der Waals surface area (Å²) in [6.07, 6.45) is 6.42. The molecule has 0 amide bonds. The third kappa shape index (κ3) is 3.93. The van der Waals surface area contributed by atoms with E-state index in [1.807, 2.05) is 0 Å². The standard InChI is InChI=1S/C22H20N2O6/c1-4-30-21(26)17-12-11-14-16(23-17)9-7-10-18(14)24-13-6-5-8-15(20(25)28-2)19(24)22(27)29-3/h5-13H,4H2,1-3H3. The highest BCUT2D eigenvalue weighted by molar-refractivity contribution is 6.07. The monoisotopic (exact) mass is 408 g/mol. The third-order valence-electron chi connectivity index (χ3n) is 4.34. The second-order valence-corrected chi connectivity index (χ2v) is 6.08. The highest BCUT2D eigenvalue weighted by Gasteiger charge is 2.28. The van der Waals surface area contributed by atoms with Gasteiger partial charge in [-0.05, 0) is 43.3 Å². The van der Waals surface area contributed by atoms with Gasteiger partial charge in [0, 0.05) is 11.6 Å². The predicted octanol–water partition coefficient (Wildman–Crippen LogP) is 2.90. The molecule has 0 unspecified atom stereocenters. The number of benzene rings is 1. The van der Waals surface area contributed by atoms with E-state index in [0.717, 1.165) is 0 Å². The number of ether oxygens (including phenoxy) is 3. The number of aromatic nitrogens is 1. The van der Waals surface area contributed by atoms with Crippen molar-refractivity contribution >= 4 is 34.5 Å². The van der Waals surface area contributed by atoms with Gasteiger partial charge in [-0.2, -0.15) is 0 Å². The van der Waals surface area contributed by atoms with Gasteiger partial charge in [-0.15, -0.1) is 0 Å². The van der Waals surface area contributed by atoms with Gasteiger partial charge in [0.1, 0.15) is 11.4 Å². The zero-order valence-corrected chi connectivity index (χ0v) is 16.7. The van der Waals surface area contributed by atoms with Crippen molar-refractivity contribution in [3.63, 3.8) is 0 Å². The fourth-order valence-electron chi connectivity index (χ4n) is 3.02. The van der Waals surface area contributed by atoms with Gasteiger partial charge >= 0.3 is 17.9 Å². The minimum Gasteiger partial charge on any atom is -0.465 e. The van der Waals surface area contributed by atoms with E-state index < -0.39 is 17.9 Å². The van der Waals surface area contributed by atoms with Crippen LogP contribution in [-0.4, -0.2) is 43.7 Å². The largest absolute Gasteiger partial charge is 0.465 e. The maximum Gasteiger partial charge on any atom is 0.356 e. The van der Waals surface area contributed by atoms with Crippen LogP contribution in [0.3, 0.4) is 0 Å². The molecule has 1 aromatic heterocycles. The van der Waals surface area contributed by atoms with Gasteiger partial charge in [-0.3, -0.25) is 0 Å². The van der Waals surface area contributed by atoms with Gasteiger partial charge in [-0.25, -0.2) is 19.4 Å². The van der Waals surface area contributed by atoms with Crippen molar-refractivity contribution in [1.29, 1.82) is 0 Å². The molecule has 154 valence electrons. The Kier molecular flexibility index (Phi) is 6.26. The number of anilines is 1. The molecule has 0 atom stereocenters. The number of fused-ring (bicyclic) bond motifs is 1. The van der Waals surface area contributed by atoms with Gasteiger partial charge in [0.05, 0.1) is 37.6 Å². The molecule has 1 aliphatic heterocycles. The number of methoxy groups -OCH3 is 2. The zero-order chi connectivity index (χ0) is 21.7. The third-order valence-corrected chi connectivity index (χ3v) is 4.34. The number of nitrogens with zero attached hydrogens (tertiary/aromatic N) is 2. The molecule has 0 bridgehead atoms. The Morgan fingerprint density at radius 2 is 1.73 bits per heavy atom. The Morgan fingerprint density at radius 1 is 0.967 bits per heavy atom. The number of esters is 3. The molecule has 0 N–H and O–H groups in total. The van der Waals surface area contributed by atoms with Gasteiger partial charge in [0.2, 0.25) is 0 Å². The smallest absolute Gasteiger partial charge is 0.356 e. The average molecular weight is 408 g/mol. The second kappa shape index (κ2) is 9.04. The quantitative estimate of drug-likeness (QED) is 0.551. The van der Waals surface area contributed by atoms with Crippen molar-refractivity contribution in [2.45, 2.75) is 6.92 Å². The van der Waals surface area contributed by atoms with Crippen LogP contribution in [0.4, 0.5) is 5.69 Å². The maximum atomic E-state index is 12.6. The van der Waals surface area contributed by atoms with Crippen LogP contribution in [0.5, 0.6) is 0 Å². The number of hydrogen-bond donors (Lipinski definition) is 0. The molecule has 1 aliphatic rings. The lowest BCUT2D eigenvalue weighted by Crippen LogP contribution is -2.27. The summed E-state index contributed by atoms with van der Waals surface area (Å²) >= 11 is 0. The van der Waals surface area contributed by atoms with E-state index in [1.54, 1.807) is 55.6 Å². The molecular formula is C22H20N2O6. The molecule has 0 spiro atoms. The minimum absolute atomic E-state index is 0.00341. The van der Waals surface area contributed by atoms with Gasteiger partial charge in [0.15, 0.2) is 0 Å². The van der Waals surface area contributed by atoms with Crippen LogP contribution in [0.25, 0.3) is 10.9 Å². The highest BCUT2D eigenvalue weighted by Crippen LogP contribution is 2.32. The lowest BCUT2D eigenvalue weighted by molar-refractivity contribution is -0.139. The molecule has 0 aliphatic carbocycles. The minimum atomic E-state index is -0.709. The molecule has 0 saturated heterocycles. The Hall–Kier alpha value is -3.94. The summed E-state index contributed by atoms with van der Waals surface area (Å²) in [5, 5.41) is 0.655. The summed E-state index contributed by atoms with van der Waals surface area (Å²) in [4.78, 5) is 42.8. The number of hydrogen-bond acceptors (Lipinski definition) is 8. The topological polar surface area (TPSA) is 95.0 Å². The van der Waals surface area contributed by atoms with Crippen LogP contribution in [-0.2, 0) is 23.8 Å². The first-order valence-corrected chi connectivity index (χ1v) is 9.13. The number of carbonyl (C=O) groups excluding carboxylic acids is 3. The summed E-state index contributed by atoms with van der Waals surface area (Å²) in [6, 6.07) is 8.50. The van der Waals surface area contributed by atoms with Crippen LogP contribution in [0.1, 0.15) is 17.4 Å². The van der Waals surface area contributed by atoms with E-state index in [-0.39, 0.29) is 23.6 Å². The number of carbonyl (C=O) groups is 3. The molecule has 0 saturated carbocycles. The van der Waals surface area contributed by atoms with Crippen molar-refractivity contribution in [3.8, 4) is 0 Å². The molecular weight excluding hydrogens is 388 g/mol. The van der Waals surface area contributed by atoms with E-state index in [9.17, 15) is 14.4 Å². The van der Waals surface area contributed by atoms with Crippen molar-refractivity contribution in [3.05, 3.63) is 71.7 Å². The van der Waals surface area contributed by atoms with E-state index in [1.165, 1.54) is 25.2 Å². The number of rotatable bonds is 5. The van der Waals surface area contributed by atoms with Gasteiger partial charge in [-0.1, -0.05) is 12.1 Å². The van der Waals surface area contributed by atoms with Crippen molar-refractivity contribution < 1.29 is 28.6 Å². The second-order valence-electron chi connectivity index (χ2n) is 6.08. The molecule has 2 heterocycles. The average Bonchev–Trinajstić information content (AvgIpc) is 3.00. The molecule has 2 aromatic rings. The number of allylic oxidation sites excluding steroid dienone is 2. The first-order chi connectivity index (χ1) is 14.5. The summed E-state index contributed by atoms with van der Waals surface area (Å²) in [5.41, 5.74) is 1.30.